The number of benzene rings is 1. The lowest BCUT2D eigenvalue weighted by atomic mass is 10.0. The van der Waals surface area contributed by atoms with Gasteiger partial charge in [-0.2, -0.15) is 0 Å². The molecule has 2 aromatic rings. The van der Waals surface area contributed by atoms with Gasteiger partial charge in [0.2, 0.25) is 0 Å². The molecule has 6 nitrogen and oxygen atoms in total. The van der Waals surface area contributed by atoms with Crippen LogP contribution >= 0.6 is 11.6 Å². The molecule has 0 aliphatic heterocycles. The molecular weight excluding hydrogens is 306 g/mol. The lowest BCUT2D eigenvalue weighted by molar-refractivity contribution is -0.383. The molecule has 0 fully saturated rings. The number of hydrogen-bond acceptors (Lipinski definition) is 5. The molecule has 2 rings (SSSR count). The van der Waals surface area contributed by atoms with Crippen molar-refractivity contribution in [2.75, 3.05) is 18.5 Å². The van der Waals surface area contributed by atoms with Crippen LogP contribution in [-0.4, -0.2) is 28.2 Å². The van der Waals surface area contributed by atoms with E-state index in [-0.39, 0.29) is 18.2 Å². The maximum atomic E-state index is 11.0. The quantitative estimate of drug-likeness (QED) is 0.604. The molecule has 1 aromatic carbocycles. The Morgan fingerprint density at radius 3 is 2.86 bits per heavy atom. The molecule has 0 bridgehead atoms. The Balaban J connectivity index is 2.03. The monoisotopic (exact) mass is 321 g/mol. The average molecular weight is 322 g/mol. The number of aliphatic hydroxyl groups excluding tert-OH is 1. The van der Waals surface area contributed by atoms with Gasteiger partial charge < -0.3 is 10.4 Å². The van der Waals surface area contributed by atoms with Gasteiger partial charge in [0.25, 0.3) is 5.69 Å². The van der Waals surface area contributed by atoms with Crippen LogP contribution < -0.4 is 5.32 Å². The molecule has 0 saturated carbocycles. The fourth-order valence-corrected chi connectivity index (χ4v) is 2.28. The number of anilines is 1. The number of pyridine rings is 1. The molecule has 1 atom stereocenters. The minimum absolute atomic E-state index is 0.0245. The number of aromatic nitrogens is 1. The highest BCUT2D eigenvalue weighted by atomic mass is 35.5. The summed E-state index contributed by atoms with van der Waals surface area (Å²) in [5.74, 6) is -0.0699. The molecule has 1 aromatic heterocycles. The fraction of sp³-hybridized carbons (Fsp3) is 0.267. The van der Waals surface area contributed by atoms with E-state index in [9.17, 15) is 15.2 Å². The van der Waals surface area contributed by atoms with Crippen LogP contribution in [0, 0.1) is 16.0 Å². The SMILES string of the molecule is O=[N+]([O-])c1cc(Cl)ccc1NCC(CO)Cc1cccnc1. The maximum absolute atomic E-state index is 11.0. The number of aliphatic hydroxyl groups is 1. The third kappa shape index (κ3) is 4.41. The van der Waals surface area contributed by atoms with Crippen molar-refractivity contribution >= 4 is 23.0 Å². The van der Waals surface area contributed by atoms with Crippen molar-refractivity contribution in [3.05, 3.63) is 63.4 Å². The topological polar surface area (TPSA) is 88.3 Å². The van der Waals surface area contributed by atoms with Crippen molar-refractivity contribution in [3.8, 4) is 0 Å². The molecule has 0 spiro atoms. The van der Waals surface area contributed by atoms with Gasteiger partial charge in [-0.1, -0.05) is 17.7 Å². The van der Waals surface area contributed by atoms with Crippen LogP contribution in [-0.2, 0) is 6.42 Å². The second-order valence-electron chi connectivity index (χ2n) is 4.91. The molecule has 7 heteroatoms. The zero-order valence-corrected chi connectivity index (χ0v) is 12.5. The fourth-order valence-electron chi connectivity index (χ4n) is 2.11. The van der Waals surface area contributed by atoms with E-state index in [1.165, 1.54) is 6.07 Å². The number of hydrogen-bond donors (Lipinski definition) is 2. The van der Waals surface area contributed by atoms with Gasteiger partial charge in [0.05, 0.1) is 4.92 Å². The van der Waals surface area contributed by atoms with Gasteiger partial charge in [0, 0.05) is 42.6 Å². The Bertz CT molecular complexity index is 637. The summed E-state index contributed by atoms with van der Waals surface area (Å²) in [6, 6.07) is 8.23. The van der Waals surface area contributed by atoms with Crippen molar-refractivity contribution < 1.29 is 10.0 Å². The standard InChI is InChI=1S/C15H16ClN3O3/c16-13-3-4-14(15(7-13)19(21)22)18-9-12(10-20)6-11-2-1-5-17-8-11/h1-5,7-8,12,18,20H,6,9-10H2. The molecule has 1 heterocycles. The van der Waals surface area contributed by atoms with Crippen molar-refractivity contribution in [2.24, 2.45) is 5.92 Å². The van der Waals surface area contributed by atoms with Crippen LogP contribution in [0.25, 0.3) is 0 Å². The first kappa shape index (κ1) is 16.2. The lowest BCUT2D eigenvalue weighted by Crippen LogP contribution is -2.20. The first-order valence-corrected chi connectivity index (χ1v) is 7.15. The molecule has 1 unspecified atom stereocenters. The Morgan fingerprint density at radius 1 is 1.41 bits per heavy atom. The molecular formula is C15H16ClN3O3. The van der Waals surface area contributed by atoms with E-state index < -0.39 is 4.92 Å². The van der Waals surface area contributed by atoms with Crippen molar-refractivity contribution in [1.82, 2.24) is 4.98 Å². The zero-order chi connectivity index (χ0) is 15.9. The predicted molar refractivity (Wildman–Crippen MR) is 85.1 cm³/mol. The van der Waals surface area contributed by atoms with Crippen molar-refractivity contribution in [1.29, 1.82) is 0 Å². The number of halogens is 1. The van der Waals surface area contributed by atoms with Gasteiger partial charge in [-0.05, 0) is 30.2 Å². The third-order valence-electron chi connectivity index (χ3n) is 3.24. The molecule has 22 heavy (non-hydrogen) atoms. The van der Waals surface area contributed by atoms with Gasteiger partial charge in [-0.15, -0.1) is 0 Å². The molecule has 0 radical (unpaired) electrons. The van der Waals surface area contributed by atoms with E-state index in [0.29, 0.717) is 23.7 Å². The van der Waals surface area contributed by atoms with E-state index in [1.54, 1.807) is 24.5 Å². The van der Waals surface area contributed by atoms with Crippen LogP contribution in [0.2, 0.25) is 5.02 Å². The van der Waals surface area contributed by atoms with Crippen molar-refractivity contribution in [2.45, 2.75) is 6.42 Å². The number of rotatable bonds is 7. The number of nitro benzene ring substituents is 1. The Labute approximate surface area is 132 Å². The highest BCUT2D eigenvalue weighted by Crippen LogP contribution is 2.28. The largest absolute Gasteiger partial charge is 0.396 e. The number of nitrogens with zero attached hydrogens (tertiary/aromatic N) is 2. The summed E-state index contributed by atoms with van der Waals surface area (Å²) >= 11 is 5.78. The molecule has 0 aliphatic rings. The predicted octanol–water partition coefficient (Wildman–Crippen LogP) is 2.91. The van der Waals surface area contributed by atoms with E-state index in [1.807, 2.05) is 12.1 Å². The number of nitro groups is 1. The highest BCUT2D eigenvalue weighted by Gasteiger charge is 2.16. The minimum Gasteiger partial charge on any atom is -0.396 e. The second kappa shape index (κ2) is 7.72. The van der Waals surface area contributed by atoms with Gasteiger partial charge in [0.15, 0.2) is 0 Å². The van der Waals surface area contributed by atoms with Gasteiger partial charge in [-0.25, -0.2) is 0 Å². The maximum Gasteiger partial charge on any atom is 0.293 e. The van der Waals surface area contributed by atoms with Gasteiger partial charge in [-0.3, -0.25) is 15.1 Å². The molecule has 116 valence electrons. The number of nitrogens with one attached hydrogen (secondary N) is 1. The normalized spacial score (nSPS) is 11.9. The lowest BCUT2D eigenvalue weighted by Gasteiger charge is -2.16. The summed E-state index contributed by atoms with van der Waals surface area (Å²) in [6.07, 6.45) is 4.07. The van der Waals surface area contributed by atoms with Crippen LogP contribution in [0.4, 0.5) is 11.4 Å². The highest BCUT2D eigenvalue weighted by molar-refractivity contribution is 6.30. The summed E-state index contributed by atoms with van der Waals surface area (Å²) in [6.45, 7) is 0.386. The van der Waals surface area contributed by atoms with Gasteiger partial charge >= 0.3 is 0 Å². The van der Waals surface area contributed by atoms with Crippen molar-refractivity contribution in [3.63, 3.8) is 0 Å². The summed E-state index contributed by atoms with van der Waals surface area (Å²) in [5, 5.41) is 23.8. The Morgan fingerprint density at radius 2 is 2.23 bits per heavy atom. The third-order valence-corrected chi connectivity index (χ3v) is 3.48. The average Bonchev–Trinajstić information content (AvgIpc) is 2.53. The summed E-state index contributed by atoms with van der Waals surface area (Å²) in [5.41, 5.74) is 1.32. The van der Waals surface area contributed by atoms with E-state index in [4.69, 9.17) is 11.6 Å². The molecule has 0 amide bonds. The van der Waals surface area contributed by atoms with Gasteiger partial charge in [0.1, 0.15) is 5.69 Å². The second-order valence-corrected chi connectivity index (χ2v) is 5.35. The summed E-state index contributed by atoms with van der Waals surface area (Å²) in [7, 11) is 0. The zero-order valence-electron chi connectivity index (χ0n) is 11.8. The van der Waals surface area contributed by atoms with Crippen LogP contribution in [0.15, 0.2) is 42.7 Å². The smallest absolute Gasteiger partial charge is 0.293 e. The van der Waals surface area contributed by atoms with E-state index >= 15 is 0 Å². The Hall–Kier alpha value is -2.18. The summed E-state index contributed by atoms with van der Waals surface area (Å²) in [4.78, 5) is 14.6. The van der Waals surface area contributed by atoms with E-state index in [0.717, 1.165) is 5.56 Å². The molecule has 0 saturated heterocycles. The van der Waals surface area contributed by atoms with E-state index in [2.05, 4.69) is 10.3 Å². The molecule has 0 aliphatic carbocycles. The first-order chi connectivity index (χ1) is 10.6. The van der Waals surface area contributed by atoms with Crippen LogP contribution in [0.3, 0.4) is 0 Å². The van der Waals surface area contributed by atoms with Crippen LogP contribution in [0.5, 0.6) is 0 Å². The van der Waals surface area contributed by atoms with Crippen LogP contribution in [0.1, 0.15) is 5.56 Å². The Kier molecular flexibility index (Phi) is 5.68. The first-order valence-electron chi connectivity index (χ1n) is 6.77. The minimum atomic E-state index is -0.483. The molecule has 2 N–H and O–H groups in total. The summed E-state index contributed by atoms with van der Waals surface area (Å²) < 4.78 is 0.